The van der Waals surface area contributed by atoms with Gasteiger partial charge in [-0.05, 0) is 11.0 Å². The van der Waals surface area contributed by atoms with E-state index in [1.807, 2.05) is 24.3 Å². The van der Waals surface area contributed by atoms with Crippen LogP contribution < -0.4 is 0 Å². The van der Waals surface area contributed by atoms with E-state index in [-0.39, 0.29) is 5.41 Å². The zero-order valence-corrected chi connectivity index (χ0v) is 11.3. The van der Waals surface area contributed by atoms with E-state index in [1.54, 1.807) is 0 Å². The van der Waals surface area contributed by atoms with Crippen molar-refractivity contribution in [3.05, 3.63) is 35.4 Å². The van der Waals surface area contributed by atoms with Gasteiger partial charge in [0.15, 0.2) is 0 Å². The summed E-state index contributed by atoms with van der Waals surface area (Å²) in [4.78, 5) is 0. The molecule has 1 rings (SSSR count). The highest BCUT2D eigenvalue weighted by molar-refractivity contribution is 8.33. The van der Waals surface area contributed by atoms with Crippen molar-refractivity contribution in [2.24, 2.45) is 0 Å². The predicted octanol–water partition coefficient (Wildman–Crippen LogP) is 2.71. The summed E-state index contributed by atoms with van der Waals surface area (Å²) in [5.41, 5.74) is 2.25. The fraction of sp³-hybridized carbons (Fsp3) is 0.455. The SMILES string of the molecule is CC(C)(C)c1ccc(C[S+]=S(=O)(O)O)cc1. The average molecular weight is 261 g/mol. The van der Waals surface area contributed by atoms with Crippen LogP contribution in [0.2, 0.25) is 0 Å². The molecule has 2 N–H and O–H groups in total. The van der Waals surface area contributed by atoms with E-state index >= 15 is 0 Å². The second-order valence-corrected chi connectivity index (χ2v) is 8.09. The molecule has 3 nitrogen and oxygen atoms in total. The molecular formula is C11H17O3S2+. The van der Waals surface area contributed by atoms with E-state index in [2.05, 4.69) is 20.8 Å². The van der Waals surface area contributed by atoms with Gasteiger partial charge in [0.2, 0.25) is 5.75 Å². The van der Waals surface area contributed by atoms with Crippen LogP contribution in [-0.4, -0.2) is 13.3 Å². The van der Waals surface area contributed by atoms with E-state index in [9.17, 15) is 4.21 Å². The Kier molecular flexibility index (Phi) is 4.07. The van der Waals surface area contributed by atoms with Gasteiger partial charge in [0.25, 0.3) is 10.3 Å². The van der Waals surface area contributed by atoms with Crippen molar-refractivity contribution in [3.8, 4) is 0 Å². The lowest BCUT2D eigenvalue weighted by atomic mass is 9.87. The third-order valence-electron chi connectivity index (χ3n) is 2.20. The first-order valence-corrected chi connectivity index (χ1v) is 7.89. The van der Waals surface area contributed by atoms with E-state index in [0.29, 0.717) is 16.1 Å². The molecule has 0 saturated carbocycles. The van der Waals surface area contributed by atoms with E-state index in [1.165, 1.54) is 5.56 Å². The molecule has 0 heterocycles. The molecule has 1 aromatic carbocycles. The second kappa shape index (κ2) is 4.79. The first-order valence-electron chi connectivity index (χ1n) is 4.91. The molecule has 90 valence electrons. The standard InChI is InChI=1S/C11H16O3S2/c1-11(2,3)10-6-4-9(5-7-10)8-15-16(12,13)14/h4-7H,8H2,1-3H3,(H-,12,13,14)/p+1. The average Bonchev–Trinajstić information content (AvgIpc) is 2.13. The Hall–Kier alpha value is -0.490. The van der Waals surface area contributed by atoms with Gasteiger partial charge < -0.3 is 0 Å². The molecule has 0 bridgehead atoms. The van der Waals surface area contributed by atoms with Gasteiger partial charge in [-0.25, -0.2) is 0 Å². The lowest BCUT2D eigenvalue weighted by Crippen LogP contribution is -2.10. The highest BCUT2D eigenvalue weighted by atomic mass is 32.9. The van der Waals surface area contributed by atoms with E-state index in [0.717, 1.165) is 5.56 Å². The van der Waals surface area contributed by atoms with Crippen molar-refractivity contribution < 1.29 is 13.3 Å². The van der Waals surface area contributed by atoms with Crippen molar-refractivity contribution in [2.45, 2.75) is 31.9 Å². The third-order valence-corrected chi connectivity index (χ3v) is 4.23. The van der Waals surface area contributed by atoms with Crippen molar-refractivity contribution in [1.29, 1.82) is 0 Å². The molecule has 16 heavy (non-hydrogen) atoms. The smallest absolute Gasteiger partial charge is 0.251 e. The van der Waals surface area contributed by atoms with Gasteiger partial charge >= 0.3 is 9.05 Å². The largest absolute Gasteiger partial charge is 0.430 e. The summed E-state index contributed by atoms with van der Waals surface area (Å²) in [6.07, 6.45) is 0. The predicted molar refractivity (Wildman–Crippen MR) is 69.6 cm³/mol. The van der Waals surface area contributed by atoms with Gasteiger partial charge in [0.05, 0.1) is 0 Å². The van der Waals surface area contributed by atoms with Crippen LogP contribution in [0.5, 0.6) is 0 Å². The second-order valence-electron chi connectivity index (χ2n) is 4.66. The zero-order chi connectivity index (χ0) is 12.4. The topological polar surface area (TPSA) is 57.5 Å². The normalized spacial score (nSPS) is 12.6. The van der Waals surface area contributed by atoms with Crippen LogP contribution in [0.4, 0.5) is 0 Å². The molecule has 0 radical (unpaired) electrons. The van der Waals surface area contributed by atoms with E-state index in [4.69, 9.17) is 9.11 Å². The van der Waals surface area contributed by atoms with Crippen LogP contribution in [0.25, 0.3) is 0 Å². The molecule has 1 aromatic rings. The number of hydrogen-bond acceptors (Lipinski definition) is 1. The minimum Gasteiger partial charge on any atom is -0.251 e. The van der Waals surface area contributed by atoms with Crippen LogP contribution in [-0.2, 0) is 30.5 Å². The Morgan fingerprint density at radius 3 is 2.06 bits per heavy atom. The summed E-state index contributed by atoms with van der Waals surface area (Å²) in [6.45, 7) is 6.39. The first-order chi connectivity index (χ1) is 7.18. The molecule has 0 aromatic heterocycles. The van der Waals surface area contributed by atoms with Crippen LogP contribution >= 0.6 is 0 Å². The highest BCUT2D eigenvalue weighted by Crippen LogP contribution is 2.22. The maximum atomic E-state index is 10.7. The summed E-state index contributed by atoms with van der Waals surface area (Å²) >= 11 is 0. The highest BCUT2D eigenvalue weighted by Gasteiger charge is 2.14. The van der Waals surface area contributed by atoms with Gasteiger partial charge in [0, 0.05) is 5.56 Å². The molecule has 0 spiro atoms. The van der Waals surface area contributed by atoms with Gasteiger partial charge in [-0.2, -0.15) is 4.21 Å². The minimum absolute atomic E-state index is 0.104. The lowest BCUT2D eigenvalue weighted by molar-refractivity contribution is 0.450. The molecule has 0 aliphatic rings. The van der Waals surface area contributed by atoms with Crippen LogP contribution in [0.3, 0.4) is 0 Å². The zero-order valence-electron chi connectivity index (χ0n) is 9.64. The van der Waals surface area contributed by atoms with Crippen LogP contribution in [0, 0.1) is 0 Å². The lowest BCUT2D eigenvalue weighted by Gasteiger charge is -2.18. The van der Waals surface area contributed by atoms with Crippen LogP contribution in [0.1, 0.15) is 31.9 Å². The Morgan fingerprint density at radius 2 is 1.69 bits per heavy atom. The van der Waals surface area contributed by atoms with Gasteiger partial charge in [-0.15, -0.1) is 0 Å². The molecule has 0 aliphatic carbocycles. The molecule has 5 heteroatoms. The van der Waals surface area contributed by atoms with Crippen molar-refractivity contribution in [1.82, 2.24) is 0 Å². The molecular weight excluding hydrogens is 244 g/mol. The molecule has 0 saturated heterocycles. The maximum Gasteiger partial charge on any atom is 0.430 e. The summed E-state index contributed by atoms with van der Waals surface area (Å²) in [6, 6.07) is 7.84. The summed E-state index contributed by atoms with van der Waals surface area (Å²) in [5.74, 6) is 0.330. The van der Waals surface area contributed by atoms with Gasteiger partial charge in [-0.1, -0.05) is 45.0 Å². The van der Waals surface area contributed by atoms with E-state index < -0.39 is 9.05 Å². The monoisotopic (exact) mass is 261 g/mol. The summed E-state index contributed by atoms with van der Waals surface area (Å²) in [5, 5.41) is 0. The Bertz CT molecular complexity index is 455. The quantitative estimate of drug-likeness (QED) is 0.805. The Morgan fingerprint density at radius 1 is 1.19 bits per heavy atom. The first kappa shape index (κ1) is 13.6. The van der Waals surface area contributed by atoms with Crippen molar-refractivity contribution >= 4 is 19.4 Å². The van der Waals surface area contributed by atoms with Crippen molar-refractivity contribution in [2.75, 3.05) is 0 Å². The summed E-state index contributed by atoms with van der Waals surface area (Å²) < 4.78 is 28.1. The fourth-order valence-electron chi connectivity index (χ4n) is 1.25. The number of benzene rings is 1. The molecule has 0 aliphatic heterocycles. The molecule has 0 atom stereocenters. The number of rotatable bonds is 2. The molecule has 0 amide bonds. The Balaban J connectivity index is 2.85. The number of hydrogen-bond donors (Lipinski definition) is 2. The third kappa shape index (κ3) is 4.57. The Labute approximate surface area is 100 Å². The van der Waals surface area contributed by atoms with Gasteiger partial charge in [0.1, 0.15) is 0 Å². The molecule has 0 fully saturated rings. The van der Waals surface area contributed by atoms with Gasteiger partial charge in [-0.3, -0.25) is 9.11 Å². The fourth-order valence-corrected chi connectivity index (χ4v) is 2.60. The minimum atomic E-state index is -3.69. The van der Waals surface area contributed by atoms with Crippen molar-refractivity contribution in [3.63, 3.8) is 0 Å². The summed E-state index contributed by atoms with van der Waals surface area (Å²) in [7, 11) is -3.06. The maximum absolute atomic E-state index is 10.7. The molecule has 0 unspecified atom stereocenters. The van der Waals surface area contributed by atoms with Crippen LogP contribution in [0.15, 0.2) is 24.3 Å².